The van der Waals surface area contributed by atoms with Gasteiger partial charge in [-0.25, -0.2) is 9.07 Å². The fourth-order valence-corrected chi connectivity index (χ4v) is 1.93. The Morgan fingerprint density at radius 1 is 1.40 bits per heavy atom. The summed E-state index contributed by atoms with van der Waals surface area (Å²) >= 11 is 1.01. The van der Waals surface area contributed by atoms with Gasteiger partial charge in [0.2, 0.25) is 0 Å². The van der Waals surface area contributed by atoms with Crippen molar-refractivity contribution in [1.82, 2.24) is 14.8 Å². The third kappa shape index (κ3) is 2.10. The molecular formula is C9H8FN3OS. The zero-order chi connectivity index (χ0) is 10.7. The van der Waals surface area contributed by atoms with Gasteiger partial charge in [0.05, 0.1) is 6.54 Å². The first-order valence-electron chi connectivity index (χ1n) is 4.35. The van der Waals surface area contributed by atoms with Crippen LogP contribution in [0.4, 0.5) is 4.39 Å². The van der Waals surface area contributed by atoms with Gasteiger partial charge in [-0.1, -0.05) is 11.3 Å². The second-order valence-corrected chi connectivity index (χ2v) is 3.76. The third-order valence-corrected chi connectivity index (χ3v) is 2.73. The van der Waals surface area contributed by atoms with Crippen molar-refractivity contribution in [3.05, 3.63) is 34.2 Å². The molecule has 0 N–H and O–H groups in total. The van der Waals surface area contributed by atoms with Gasteiger partial charge in [0.25, 0.3) is 0 Å². The lowest BCUT2D eigenvalue weighted by molar-refractivity contribution is 0.423. The average molecular weight is 225 g/mol. The van der Waals surface area contributed by atoms with E-state index in [1.807, 2.05) is 0 Å². The summed E-state index contributed by atoms with van der Waals surface area (Å²) in [7, 11) is 0. The maximum atomic E-state index is 12.1. The predicted octanol–water partition coefficient (Wildman–Crippen LogP) is 1.34. The number of pyridine rings is 1. The average Bonchev–Trinajstić information content (AvgIpc) is 2.63. The van der Waals surface area contributed by atoms with E-state index in [1.54, 1.807) is 24.5 Å². The van der Waals surface area contributed by atoms with E-state index in [-0.39, 0.29) is 11.4 Å². The molecule has 0 saturated carbocycles. The molecule has 78 valence electrons. The molecule has 0 aliphatic heterocycles. The van der Waals surface area contributed by atoms with E-state index in [9.17, 15) is 9.18 Å². The minimum Gasteiger partial charge on any atom is -0.265 e. The molecule has 4 nitrogen and oxygen atoms in total. The fraction of sp³-hybridized carbons (Fsp3) is 0.222. The Bertz CT molecular complexity index is 494. The summed E-state index contributed by atoms with van der Waals surface area (Å²) < 4.78 is 13.2. The summed E-state index contributed by atoms with van der Waals surface area (Å²) in [5, 5.41) is 4.62. The topological polar surface area (TPSA) is 47.8 Å². The van der Waals surface area contributed by atoms with Crippen molar-refractivity contribution in [3.8, 4) is 10.6 Å². The van der Waals surface area contributed by atoms with Gasteiger partial charge in [-0.05, 0) is 12.1 Å². The van der Waals surface area contributed by atoms with Gasteiger partial charge >= 0.3 is 4.87 Å². The fourth-order valence-electron chi connectivity index (χ4n) is 1.14. The first kappa shape index (κ1) is 9.97. The van der Waals surface area contributed by atoms with Crippen LogP contribution < -0.4 is 4.87 Å². The van der Waals surface area contributed by atoms with Gasteiger partial charge in [0.1, 0.15) is 11.7 Å². The Labute approximate surface area is 89.0 Å². The Kier molecular flexibility index (Phi) is 2.86. The van der Waals surface area contributed by atoms with E-state index in [0.29, 0.717) is 5.01 Å². The molecule has 6 heteroatoms. The number of aromatic nitrogens is 3. The summed E-state index contributed by atoms with van der Waals surface area (Å²) in [4.78, 5) is 15.0. The zero-order valence-corrected chi connectivity index (χ0v) is 8.58. The SMILES string of the molecule is O=c1sc(-c2ccncc2)nn1CCF. The van der Waals surface area contributed by atoms with Crippen LogP contribution in [0, 0.1) is 0 Å². The molecule has 0 bridgehead atoms. The van der Waals surface area contributed by atoms with Gasteiger partial charge in [-0.3, -0.25) is 9.78 Å². The van der Waals surface area contributed by atoms with Crippen molar-refractivity contribution in [2.24, 2.45) is 0 Å². The standard InChI is InChI=1S/C9H8FN3OS/c10-3-6-13-9(14)15-8(12-13)7-1-4-11-5-2-7/h1-2,4-5H,3,6H2. The van der Waals surface area contributed by atoms with E-state index in [1.165, 1.54) is 0 Å². The minimum absolute atomic E-state index is 0.0143. The maximum absolute atomic E-state index is 12.1. The second kappa shape index (κ2) is 4.31. The van der Waals surface area contributed by atoms with Gasteiger partial charge in [-0.15, -0.1) is 0 Å². The van der Waals surface area contributed by atoms with Crippen molar-refractivity contribution in [2.75, 3.05) is 6.67 Å². The molecule has 0 radical (unpaired) electrons. The molecule has 2 heterocycles. The van der Waals surface area contributed by atoms with Crippen LogP contribution >= 0.6 is 11.3 Å². The van der Waals surface area contributed by atoms with Gasteiger partial charge in [0, 0.05) is 18.0 Å². The van der Waals surface area contributed by atoms with E-state index in [0.717, 1.165) is 21.6 Å². The van der Waals surface area contributed by atoms with Crippen molar-refractivity contribution < 1.29 is 4.39 Å². The van der Waals surface area contributed by atoms with Crippen molar-refractivity contribution in [2.45, 2.75) is 6.54 Å². The highest BCUT2D eigenvalue weighted by Crippen LogP contribution is 2.17. The molecule has 0 atom stereocenters. The highest BCUT2D eigenvalue weighted by atomic mass is 32.1. The quantitative estimate of drug-likeness (QED) is 0.791. The van der Waals surface area contributed by atoms with Crippen LogP contribution in [0.1, 0.15) is 0 Å². The number of aryl methyl sites for hydroxylation is 1. The van der Waals surface area contributed by atoms with E-state index < -0.39 is 6.67 Å². The number of hydrogen-bond donors (Lipinski definition) is 0. The Hall–Kier alpha value is -1.56. The summed E-state index contributed by atoms with van der Waals surface area (Å²) in [6, 6.07) is 3.52. The number of nitrogens with zero attached hydrogens (tertiary/aromatic N) is 3. The molecule has 0 spiro atoms. The van der Waals surface area contributed by atoms with E-state index in [2.05, 4.69) is 10.1 Å². The molecule has 2 aromatic heterocycles. The Morgan fingerprint density at radius 3 is 2.80 bits per heavy atom. The van der Waals surface area contributed by atoms with Crippen molar-refractivity contribution >= 4 is 11.3 Å². The number of hydrogen-bond acceptors (Lipinski definition) is 4. The summed E-state index contributed by atoms with van der Waals surface area (Å²) in [5.74, 6) is 0. The van der Waals surface area contributed by atoms with E-state index in [4.69, 9.17) is 0 Å². The van der Waals surface area contributed by atoms with Crippen molar-refractivity contribution in [3.63, 3.8) is 0 Å². The molecule has 2 aromatic rings. The Morgan fingerprint density at radius 2 is 2.13 bits per heavy atom. The second-order valence-electron chi connectivity index (χ2n) is 2.82. The molecule has 15 heavy (non-hydrogen) atoms. The van der Waals surface area contributed by atoms with Gasteiger partial charge in [0.15, 0.2) is 0 Å². The van der Waals surface area contributed by atoms with Crippen LogP contribution in [0.2, 0.25) is 0 Å². The van der Waals surface area contributed by atoms with Crippen LogP contribution in [-0.2, 0) is 6.54 Å². The van der Waals surface area contributed by atoms with Crippen LogP contribution in [0.25, 0.3) is 10.6 Å². The smallest absolute Gasteiger partial charge is 0.265 e. The molecule has 0 amide bonds. The molecule has 0 aliphatic rings. The van der Waals surface area contributed by atoms with Crippen LogP contribution in [-0.4, -0.2) is 21.4 Å². The monoisotopic (exact) mass is 225 g/mol. The predicted molar refractivity (Wildman–Crippen MR) is 55.6 cm³/mol. The number of halogens is 1. The lowest BCUT2D eigenvalue weighted by Crippen LogP contribution is -2.15. The summed E-state index contributed by atoms with van der Waals surface area (Å²) in [6.45, 7) is -0.570. The molecule has 0 aliphatic carbocycles. The molecule has 0 aromatic carbocycles. The van der Waals surface area contributed by atoms with Gasteiger partial charge in [-0.2, -0.15) is 5.10 Å². The number of rotatable bonds is 3. The van der Waals surface area contributed by atoms with E-state index >= 15 is 0 Å². The largest absolute Gasteiger partial charge is 0.325 e. The van der Waals surface area contributed by atoms with Crippen LogP contribution in [0.5, 0.6) is 0 Å². The van der Waals surface area contributed by atoms with Crippen molar-refractivity contribution in [1.29, 1.82) is 0 Å². The van der Waals surface area contributed by atoms with Gasteiger partial charge < -0.3 is 0 Å². The molecule has 0 saturated heterocycles. The molecule has 2 rings (SSSR count). The first-order chi connectivity index (χ1) is 7.31. The Balaban J connectivity index is 2.39. The third-order valence-electron chi connectivity index (χ3n) is 1.83. The molecule has 0 unspecified atom stereocenters. The molecular weight excluding hydrogens is 217 g/mol. The maximum Gasteiger partial charge on any atom is 0.325 e. The molecule has 0 fully saturated rings. The van der Waals surface area contributed by atoms with Crippen LogP contribution in [0.15, 0.2) is 29.3 Å². The summed E-state index contributed by atoms with van der Waals surface area (Å²) in [5.41, 5.74) is 0.824. The highest BCUT2D eigenvalue weighted by Gasteiger charge is 2.07. The minimum atomic E-state index is -0.584. The lowest BCUT2D eigenvalue weighted by atomic mass is 10.3. The zero-order valence-electron chi connectivity index (χ0n) is 7.76. The first-order valence-corrected chi connectivity index (χ1v) is 5.17. The van der Waals surface area contributed by atoms with Crippen LogP contribution in [0.3, 0.4) is 0 Å². The summed E-state index contributed by atoms with van der Waals surface area (Å²) in [6.07, 6.45) is 3.25. The number of alkyl halides is 1. The highest BCUT2D eigenvalue weighted by molar-refractivity contribution is 7.12. The normalized spacial score (nSPS) is 10.5. The lowest BCUT2D eigenvalue weighted by Gasteiger charge is -1.93.